The van der Waals surface area contributed by atoms with Gasteiger partial charge in [-0.15, -0.1) is 0 Å². The van der Waals surface area contributed by atoms with Gasteiger partial charge < -0.3 is 9.84 Å². The summed E-state index contributed by atoms with van der Waals surface area (Å²) in [4.78, 5) is 11.9. The largest absolute Gasteiger partial charge is 0.459 e. The zero-order chi connectivity index (χ0) is 15.7. The first-order valence-corrected chi connectivity index (χ1v) is 8.80. The molecule has 0 saturated heterocycles. The zero-order valence-corrected chi connectivity index (χ0v) is 15.0. The molecule has 0 aliphatic heterocycles. The molecule has 0 amide bonds. The second kappa shape index (κ2) is 10.2. The van der Waals surface area contributed by atoms with Gasteiger partial charge in [0.25, 0.3) is 0 Å². The average molecular weight is 404 g/mol. The fourth-order valence-corrected chi connectivity index (χ4v) is 2.86. The van der Waals surface area contributed by atoms with Crippen molar-refractivity contribution in [2.75, 3.05) is 0 Å². The van der Waals surface area contributed by atoms with Crippen LogP contribution in [0.4, 0.5) is 0 Å². The van der Waals surface area contributed by atoms with E-state index in [4.69, 9.17) is 4.74 Å². The molecular weight excluding hydrogens is 379 g/mol. The van der Waals surface area contributed by atoms with Crippen LogP contribution in [0.25, 0.3) is 0 Å². The van der Waals surface area contributed by atoms with E-state index in [2.05, 4.69) is 29.5 Å². The summed E-state index contributed by atoms with van der Waals surface area (Å²) in [5.74, 6) is -0.206. The predicted octanol–water partition coefficient (Wildman–Crippen LogP) is 4.62. The van der Waals surface area contributed by atoms with Gasteiger partial charge in [-0.05, 0) is 53.5 Å². The van der Waals surface area contributed by atoms with Crippen molar-refractivity contribution in [1.29, 1.82) is 0 Å². The van der Waals surface area contributed by atoms with Crippen LogP contribution in [0.15, 0.2) is 24.3 Å². The first-order valence-electron chi connectivity index (χ1n) is 7.72. The number of carbonyl (C=O) groups excluding carboxylic acids is 1. The van der Waals surface area contributed by atoms with Crippen molar-refractivity contribution in [3.05, 3.63) is 33.4 Å². The number of esters is 1. The quantitative estimate of drug-likeness (QED) is 0.483. The molecule has 0 spiro atoms. The Kier molecular flexibility index (Phi) is 8.92. The highest BCUT2D eigenvalue weighted by Gasteiger charge is 2.25. The number of aliphatic hydroxyl groups excluding tert-OH is 1. The van der Waals surface area contributed by atoms with Crippen molar-refractivity contribution < 1.29 is 14.6 Å². The summed E-state index contributed by atoms with van der Waals surface area (Å²) in [6.45, 7) is 4.14. The lowest BCUT2D eigenvalue weighted by molar-refractivity contribution is -0.156. The van der Waals surface area contributed by atoms with Gasteiger partial charge in [-0.2, -0.15) is 0 Å². The van der Waals surface area contributed by atoms with Gasteiger partial charge in [-0.1, -0.05) is 44.9 Å². The third kappa shape index (κ3) is 6.34. The maximum absolute atomic E-state index is 11.9. The molecular formula is C17H25IO3. The molecule has 0 radical (unpaired) electrons. The van der Waals surface area contributed by atoms with Crippen LogP contribution in [0.5, 0.6) is 0 Å². The van der Waals surface area contributed by atoms with E-state index < -0.39 is 12.2 Å². The normalized spacial score (nSPS) is 13.7. The Balaban J connectivity index is 2.76. The summed E-state index contributed by atoms with van der Waals surface area (Å²) in [5.41, 5.74) is 0.836. The zero-order valence-electron chi connectivity index (χ0n) is 12.8. The monoisotopic (exact) mass is 404 g/mol. The molecule has 0 bridgehead atoms. The predicted molar refractivity (Wildman–Crippen MR) is 93.0 cm³/mol. The lowest BCUT2D eigenvalue weighted by Gasteiger charge is -2.24. The van der Waals surface area contributed by atoms with Crippen LogP contribution in [0.1, 0.15) is 64.0 Å². The summed E-state index contributed by atoms with van der Waals surface area (Å²) in [6.07, 6.45) is 3.67. The molecule has 1 rings (SSSR count). The van der Waals surface area contributed by atoms with Crippen molar-refractivity contribution in [1.82, 2.24) is 0 Å². The molecule has 0 aliphatic carbocycles. The molecule has 0 aromatic heterocycles. The van der Waals surface area contributed by atoms with E-state index in [1.165, 1.54) is 0 Å². The van der Waals surface area contributed by atoms with Crippen molar-refractivity contribution in [2.45, 2.75) is 64.6 Å². The Morgan fingerprint density at radius 3 is 2.52 bits per heavy atom. The molecule has 1 aromatic rings. The van der Waals surface area contributed by atoms with Gasteiger partial charge in [0.1, 0.15) is 12.2 Å². The van der Waals surface area contributed by atoms with Crippen LogP contribution >= 0.6 is 22.6 Å². The van der Waals surface area contributed by atoms with E-state index in [9.17, 15) is 9.90 Å². The third-order valence-corrected chi connectivity index (χ3v) is 4.42. The molecule has 118 valence electrons. The highest BCUT2D eigenvalue weighted by atomic mass is 127. The minimum atomic E-state index is -0.754. The molecule has 0 heterocycles. The second-order valence-corrected chi connectivity index (χ2v) is 6.40. The van der Waals surface area contributed by atoms with Crippen LogP contribution in [-0.2, 0) is 9.53 Å². The summed E-state index contributed by atoms with van der Waals surface area (Å²) >= 11 is 2.20. The molecule has 0 aliphatic rings. The molecule has 1 aromatic carbocycles. The number of aliphatic hydroxyl groups is 1. The van der Waals surface area contributed by atoms with Gasteiger partial charge in [0, 0.05) is 9.99 Å². The Hall–Kier alpha value is -0.620. The maximum atomic E-state index is 11.9. The maximum Gasteiger partial charge on any atom is 0.306 e. The van der Waals surface area contributed by atoms with Crippen molar-refractivity contribution in [2.24, 2.45) is 0 Å². The molecule has 0 unspecified atom stereocenters. The van der Waals surface area contributed by atoms with Gasteiger partial charge in [-0.3, -0.25) is 4.79 Å². The summed E-state index contributed by atoms with van der Waals surface area (Å²) in [5, 5.41) is 10.6. The van der Waals surface area contributed by atoms with Crippen LogP contribution in [0.3, 0.4) is 0 Å². The number of halogens is 1. The molecule has 21 heavy (non-hydrogen) atoms. The Labute approximate surface area is 141 Å². The summed E-state index contributed by atoms with van der Waals surface area (Å²) in [6, 6.07) is 7.68. The summed E-state index contributed by atoms with van der Waals surface area (Å²) in [7, 11) is 0. The molecule has 3 nitrogen and oxygen atoms in total. The molecule has 0 fully saturated rings. The number of hydrogen-bond acceptors (Lipinski definition) is 3. The van der Waals surface area contributed by atoms with Crippen molar-refractivity contribution >= 4 is 28.6 Å². The second-order valence-electron chi connectivity index (χ2n) is 5.24. The van der Waals surface area contributed by atoms with E-state index in [1.807, 2.05) is 31.2 Å². The van der Waals surface area contributed by atoms with E-state index in [-0.39, 0.29) is 5.97 Å². The highest BCUT2D eigenvalue weighted by Crippen LogP contribution is 2.27. The SMILES string of the molecule is CCCCC(=O)O[C@@H](CCCC)[C@@H](O)c1ccccc1I. The van der Waals surface area contributed by atoms with Crippen LogP contribution < -0.4 is 0 Å². The third-order valence-electron chi connectivity index (χ3n) is 3.44. The van der Waals surface area contributed by atoms with Crippen LogP contribution in [0.2, 0.25) is 0 Å². The number of ether oxygens (including phenoxy) is 1. The minimum Gasteiger partial charge on any atom is -0.459 e. The van der Waals surface area contributed by atoms with Gasteiger partial charge in [-0.25, -0.2) is 0 Å². The lowest BCUT2D eigenvalue weighted by Crippen LogP contribution is -2.26. The number of benzene rings is 1. The average Bonchev–Trinajstić information content (AvgIpc) is 2.49. The van der Waals surface area contributed by atoms with Gasteiger partial charge in [0.2, 0.25) is 0 Å². The smallest absolute Gasteiger partial charge is 0.306 e. The Morgan fingerprint density at radius 1 is 1.24 bits per heavy atom. The molecule has 0 saturated carbocycles. The van der Waals surface area contributed by atoms with Gasteiger partial charge in [0.05, 0.1) is 0 Å². The number of rotatable bonds is 9. The molecule has 2 atom stereocenters. The standard InChI is InChI=1S/C17H25IO3/c1-3-5-11-15(21-16(19)12-6-4-2)17(20)13-9-7-8-10-14(13)18/h7-10,15,17,20H,3-6,11-12H2,1-2H3/t15-,17-/m0/s1. The van der Waals surface area contributed by atoms with Gasteiger partial charge >= 0.3 is 5.97 Å². The minimum absolute atomic E-state index is 0.206. The van der Waals surface area contributed by atoms with E-state index in [0.717, 1.165) is 34.8 Å². The fourth-order valence-electron chi connectivity index (χ4n) is 2.15. The van der Waals surface area contributed by atoms with E-state index >= 15 is 0 Å². The van der Waals surface area contributed by atoms with E-state index in [1.54, 1.807) is 0 Å². The van der Waals surface area contributed by atoms with Gasteiger partial charge in [0.15, 0.2) is 0 Å². The van der Waals surface area contributed by atoms with E-state index in [0.29, 0.717) is 12.8 Å². The lowest BCUT2D eigenvalue weighted by atomic mass is 10.00. The highest BCUT2D eigenvalue weighted by molar-refractivity contribution is 14.1. The number of unbranched alkanes of at least 4 members (excludes halogenated alkanes) is 2. The Morgan fingerprint density at radius 2 is 1.90 bits per heavy atom. The number of carbonyl (C=O) groups is 1. The molecule has 4 heteroatoms. The van der Waals surface area contributed by atoms with Crippen molar-refractivity contribution in [3.63, 3.8) is 0 Å². The molecule has 1 N–H and O–H groups in total. The van der Waals surface area contributed by atoms with Crippen molar-refractivity contribution in [3.8, 4) is 0 Å². The van der Waals surface area contributed by atoms with Crippen LogP contribution in [-0.4, -0.2) is 17.2 Å². The first-order chi connectivity index (χ1) is 10.1. The fraction of sp³-hybridized carbons (Fsp3) is 0.588. The van der Waals surface area contributed by atoms with Crippen LogP contribution in [0, 0.1) is 3.57 Å². The number of hydrogen-bond donors (Lipinski definition) is 1. The topological polar surface area (TPSA) is 46.5 Å². The summed E-state index contributed by atoms with van der Waals surface area (Å²) < 4.78 is 6.53. The first kappa shape index (κ1) is 18.4. The Bertz CT molecular complexity index is 434.